The average Bonchev–Trinajstić information content (AvgIpc) is 2.72. The van der Waals surface area contributed by atoms with E-state index in [0.717, 1.165) is 31.9 Å². The van der Waals surface area contributed by atoms with Crippen LogP contribution in [0.3, 0.4) is 0 Å². The van der Waals surface area contributed by atoms with E-state index in [4.69, 9.17) is 0 Å². The van der Waals surface area contributed by atoms with Crippen LogP contribution in [0.1, 0.15) is 5.69 Å². The van der Waals surface area contributed by atoms with Gasteiger partial charge in [-0.15, -0.1) is 0 Å². The Balaban J connectivity index is 1.97. The number of hydrogen-bond acceptors (Lipinski definition) is 4. The van der Waals surface area contributed by atoms with Crippen molar-refractivity contribution in [3.63, 3.8) is 0 Å². The zero-order valence-electron chi connectivity index (χ0n) is 9.36. The highest BCUT2D eigenvalue weighted by molar-refractivity contribution is 7.13. The molecule has 0 aliphatic carbocycles. The Morgan fingerprint density at radius 3 is 2.94 bits per heavy atom. The van der Waals surface area contributed by atoms with Gasteiger partial charge in [-0.1, -0.05) is 0 Å². The van der Waals surface area contributed by atoms with Gasteiger partial charge in [-0.25, -0.2) is 0 Å². The van der Waals surface area contributed by atoms with E-state index in [1.807, 2.05) is 0 Å². The molecule has 1 N–H and O–H groups in total. The average molecular weight is 233 g/mol. The van der Waals surface area contributed by atoms with Crippen molar-refractivity contribution in [2.24, 2.45) is 0 Å². The van der Waals surface area contributed by atoms with Crippen molar-refractivity contribution in [2.75, 3.05) is 31.1 Å². The van der Waals surface area contributed by atoms with Crippen molar-refractivity contribution in [2.45, 2.75) is 6.92 Å². The Bertz CT molecular complexity index is 500. The minimum absolute atomic E-state index is 1.08. The van der Waals surface area contributed by atoms with Crippen LogP contribution in [0.15, 0.2) is 18.2 Å². The largest absolute Gasteiger partial charge is 0.369 e. The summed E-state index contributed by atoms with van der Waals surface area (Å²) < 4.78 is 5.69. The van der Waals surface area contributed by atoms with Gasteiger partial charge in [-0.3, -0.25) is 0 Å². The molecule has 2 heterocycles. The zero-order chi connectivity index (χ0) is 11.0. The van der Waals surface area contributed by atoms with Crippen LogP contribution in [-0.2, 0) is 0 Å². The third kappa shape index (κ3) is 1.68. The number of anilines is 1. The fourth-order valence-corrected chi connectivity index (χ4v) is 2.99. The molecule has 3 rings (SSSR count). The van der Waals surface area contributed by atoms with Gasteiger partial charge < -0.3 is 10.2 Å². The van der Waals surface area contributed by atoms with E-state index < -0.39 is 0 Å². The molecule has 0 unspecified atom stereocenters. The Morgan fingerprint density at radius 1 is 1.31 bits per heavy atom. The Morgan fingerprint density at radius 2 is 2.12 bits per heavy atom. The van der Waals surface area contributed by atoms with E-state index in [1.165, 1.54) is 15.8 Å². The molecule has 2 aromatic rings. The lowest BCUT2D eigenvalue weighted by Gasteiger charge is -2.29. The number of fused-ring (bicyclic) bond motifs is 1. The van der Waals surface area contributed by atoms with Crippen LogP contribution in [0.25, 0.3) is 10.1 Å². The van der Waals surface area contributed by atoms with Gasteiger partial charge in [0, 0.05) is 37.3 Å². The number of aryl methyl sites for hydroxylation is 1. The quantitative estimate of drug-likeness (QED) is 0.816. The molecule has 1 saturated heterocycles. The summed E-state index contributed by atoms with van der Waals surface area (Å²) in [5.74, 6) is 0. The van der Waals surface area contributed by atoms with Gasteiger partial charge in [0.1, 0.15) is 0 Å². The molecule has 1 aliphatic rings. The van der Waals surface area contributed by atoms with Crippen LogP contribution in [0.2, 0.25) is 0 Å². The zero-order valence-corrected chi connectivity index (χ0v) is 10.2. The predicted molar refractivity (Wildman–Crippen MR) is 69.4 cm³/mol. The van der Waals surface area contributed by atoms with E-state index in [2.05, 4.69) is 39.7 Å². The first-order valence-corrected chi connectivity index (χ1v) is 6.43. The molecule has 1 fully saturated rings. The summed E-state index contributed by atoms with van der Waals surface area (Å²) >= 11 is 1.60. The van der Waals surface area contributed by atoms with Crippen LogP contribution in [0.4, 0.5) is 5.69 Å². The topological polar surface area (TPSA) is 28.2 Å². The van der Waals surface area contributed by atoms with Gasteiger partial charge in [-0.2, -0.15) is 4.37 Å². The molecule has 0 saturated carbocycles. The second kappa shape index (κ2) is 4.03. The molecular formula is C12H15N3S. The van der Waals surface area contributed by atoms with Crippen molar-refractivity contribution in [1.29, 1.82) is 0 Å². The van der Waals surface area contributed by atoms with E-state index in [-0.39, 0.29) is 0 Å². The van der Waals surface area contributed by atoms with E-state index in [0.29, 0.717) is 0 Å². The third-order valence-electron chi connectivity index (χ3n) is 3.12. The molecule has 1 aromatic carbocycles. The second-order valence-corrected chi connectivity index (χ2v) is 4.99. The highest BCUT2D eigenvalue weighted by Crippen LogP contribution is 2.27. The minimum Gasteiger partial charge on any atom is -0.369 e. The molecule has 0 radical (unpaired) electrons. The van der Waals surface area contributed by atoms with Crippen molar-refractivity contribution in [1.82, 2.24) is 9.69 Å². The number of piperazine rings is 1. The summed E-state index contributed by atoms with van der Waals surface area (Å²) in [6.45, 7) is 6.44. The van der Waals surface area contributed by atoms with Gasteiger partial charge in [0.15, 0.2) is 0 Å². The summed E-state index contributed by atoms with van der Waals surface area (Å²) in [7, 11) is 0. The maximum Gasteiger partial charge on any atom is 0.0589 e. The van der Waals surface area contributed by atoms with Gasteiger partial charge in [-0.05, 0) is 36.7 Å². The molecule has 84 valence electrons. The maximum absolute atomic E-state index is 4.39. The monoisotopic (exact) mass is 233 g/mol. The fourth-order valence-electron chi connectivity index (χ4n) is 2.17. The molecular weight excluding hydrogens is 218 g/mol. The summed E-state index contributed by atoms with van der Waals surface area (Å²) in [6.07, 6.45) is 0. The standard InChI is InChI=1S/C12H15N3S/c1-9-11-3-2-10(8-12(11)16-14-9)15-6-4-13-5-7-15/h2-3,8,13H,4-7H2,1H3. The van der Waals surface area contributed by atoms with Crippen LogP contribution in [0.5, 0.6) is 0 Å². The highest BCUT2D eigenvalue weighted by atomic mass is 32.1. The van der Waals surface area contributed by atoms with Crippen molar-refractivity contribution in [3.8, 4) is 0 Å². The summed E-state index contributed by atoms with van der Waals surface area (Å²) in [5.41, 5.74) is 2.48. The van der Waals surface area contributed by atoms with E-state index in [1.54, 1.807) is 11.5 Å². The Kier molecular flexibility index (Phi) is 2.53. The van der Waals surface area contributed by atoms with Gasteiger partial charge in [0.25, 0.3) is 0 Å². The van der Waals surface area contributed by atoms with Crippen LogP contribution in [0, 0.1) is 6.92 Å². The van der Waals surface area contributed by atoms with Gasteiger partial charge in [0.05, 0.1) is 10.4 Å². The molecule has 0 atom stereocenters. The van der Waals surface area contributed by atoms with Crippen molar-refractivity contribution >= 4 is 27.3 Å². The molecule has 4 heteroatoms. The fraction of sp³-hybridized carbons (Fsp3) is 0.417. The second-order valence-electron chi connectivity index (χ2n) is 4.19. The number of hydrogen-bond donors (Lipinski definition) is 1. The number of benzene rings is 1. The van der Waals surface area contributed by atoms with Crippen LogP contribution >= 0.6 is 11.5 Å². The lowest BCUT2D eigenvalue weighted by molar-refractivity contribution is 0.589. The SMILES string of the molecule is Cc1nsc2cc(N3CCNCC3)ccc12. The Labute approximate surface area is 99.2 Å². The number of nitrogens with one attached hydrogen (secondary N) is 1. The Hall–Kier alpha value is -1.13. The minimum atomic E-state index is 1.08. The summed E-state index contributed by atoms with van der Waals surface area (Å²) in [4.78, 5) is 2.44. The molecule has 1 aliphatic heterocycles. The highest BCUT2D eigenvalue weighted by Gasteiger charge is 2.11. The first-order valence-electron chi connectivity index (χ1n) is 5.66. The maximum atomic E-state index is 4.39. The molecule has 0 bridgehead atoms. The molecule has 0 spiro atoms. The molecule has 3 nitrogen and oxygen atoms in total. The van der Waals surface area contributed by atoms with E-state index in [9.17, 15) is 0 Å². The summed E-state index contributed by atoms with van der Waals surface area (Å²) in [5, 5.41) is 4.67. The lowest BCUT2D eigenvalue weighted by atomic mass is 10.2. The normalized spacial score (nSPS) is 16.9. The molecule has 0 amide bonds. The molecule has 16 heavy (non-hydrogen) atoms. The summed E-state index contributed by atoms with van der Waals surface area (Å²) in [6, 6.07) is 6.69. The lowest BCUT2D eigenvalue weighted by Crippen LogP contribution is -2.43. The van der Waals surface area contributed by atoms with Crippen LogP contribution in [-0.4, -0.2) is 30.6 Å². The predicted octanol–water partition coefficient (Wildman–Crippen LogP) is 2.01. The first-order chi connectivity index (χ1) is 7.84. The third-order valence-corrected chi connectivity index (χ3v) is 4.02. The van der Waals surface area contributed by atoms with Gasteiger partial charge >= 0.3 is 0 Å². The van der Waals surface area contributed by atoms with Crippen LogP contribution < -0.4 is 10.2 Å². The van der Waals surface area contributed by atoms with E-state index >= 15 is 0 Å². The number of rotatable bonds is 1. The number of nitrogens with zero attached hydrogens (tertiary/aromatic N) is 2. The van der Waals surface area contributed by atoms with Gasteiger partial charge in [0.2, 0.25) is 0 Å². The smallest absolute Gasteiger partial charge is 0.0589 e. The number of aromatic nitrogens is 1. The first kappa shape index (κ1) is 10.1. The van der Waals surface area contributed by atoms with Crippen molar-refractivity contribution in [3.05, 3.63) is 23.9 Å². The van der Waals surface area contributed by atoms with Crippen molar-refractivity contribution < 1.29 is 0 Å². The molecule has 1 aromatic heterocycles.